The van der Waals surface area contributed by atoms with E-state index >= 15 is 0 Å². The molecule has 1 fully saturated rings. The van der Waals surface area contributed by atoms with Gasteiger partial charge in [-0.05, 0) is 63.2 Å². The summed E-state index contributed by atoms with van der Waals surface area (Å²) in [4.78, 5) is 15.4. The van der Waals surface area contributed by atoms with Crippen molar-refractivity contribution in [1.29, 1.82) is 0 Å². The molecule has 0 bridgehead atoms. The third-order valence-electron chi connectivity index (χ3n) is 5.52. The summed E-state index contributed by atoms with van der Waals surface area (Å²) >= 11 is 0. The predicted octanol–water partition coefficient (Wildman–Crippen LogP) is 2.88. The van der Waals surface area contributed by atoms with E-state index in [9.17, 15) is 4.79 Å². The Hall–Kier alpha value is -1.35. The van der Waals surface area contributed by atoms with Gasteiger partial charge in [0.1, 0.15) is 0 Å². The summed E-state index contributed by atoms with van der Waals surface area (Å²) in [5.74, 6) is 0.209. The first-order valence-electron chi connectivity index (χ1n) is 8.76. The van der Waals surface area contributed by atoms with Crippen molar-refractivity contribution in [3.8, 4) is 0 Å². The maximum Gasteiger partial charge on any atom is 0.230 e. The fourth-order valence-corrected chi connectivity index (χ4v) is 4.15. The molecule has 1 amide bonds. The van der Waals surface area contributed by atoms with Gasteiger partial charge in [0.15, 0.2) is 0 Å². The van der Waals surface area contributed by atoms with Gasteiger partial charge in [0.25, 0.3) is 0 Å². The molecule has 2 atom stereocenters. The number of rotatable bonds is 5. The molecule has 3 rings (SSSR count). The first-order valence-corrected chi connectivity index (χ1v) is 8.76. The molecule has 3 nitrogen and oxygen atoms in total. The molecule has 0 aromatic heterocycles. The second-order valence-electron chi connectivity index (χ2n) is 7.03. The summed E-state index contributed by atoms with van der Waals surface area (Å²) in [6.45, 7) is 7.47. The van der Waals surface area contributed by atoms with Crippen molar-refractivity contribution < 1.29 is 4.79 Å². The van der Waals surface area contributed by atoms with Crippen molar-refractivity contribution in [3.63, 3.8) is 0 Å². The van der Waals surface area contributed by atoms with Crippen LogP contribution in [0.3, 0.4) is 0 Å². The van der Waals surface area contributed by atoms with E-state index in [-0.39, 0.29) is 11.3 Å². The lowest BCUT2D eigenvalue weighted by molar-refractivity contribution is -0.126. The van der Waals surface area contributed by atoms with Crippen molar-refractivity contribution in [2.75, 3.05) is 19.6 Å². The third kappa shape index (κ3) is 2.79. The average molecular weight is 300 g/mol. The van der Waals surface area contributed by atoms with Crippen molar-refractivity contribution in [3.05, 3.63) is 35.4 Å². The van der Waals surface area contributed by atoms with Crippen molar-refractivity contribution in [2.24, 2.45) is 0 Å². The number of nitrogens with zero attached hydrogens (tertiary/aromatic N) is 1. The number of likely N-dealkylation sites (tertiary alicyclic amines) is 1. The molecule has 1 aromatic carbocycles. The fourth-order valence-electron chi connectivity index (χ4n) is 4.15. The molecule has 3 heteroatoms. The molecule has 2 aliphatic rings. The Kier molecular flexibility index (Phi) is 4.53. The van der Waals surface area contributed by atoms with Gasteiger partial charge >= 0.3 is 0 Å². The fraction of sp³-hybridized carbons (Fsp3) is 0.632. The number of fused-ring (bicyclic) bond motifs is 1. The lowest BCUT2D eigenvalue weighted by Crippen LogP contribution is -2.46. The molecule has 0 saturated carbocycles. The zero-order valence-corrected chi connectivity index (χ0v) is 13.9. The smallest absolute Gasteiger partial charge is 0.230 e. The summed E-state index contributed by atoms with van der Waals surface area (Å²) in [5, 5.41) is 3.26. The molecule has 1 N–H and O–H groups in total. The first-order chi connectivity index (χ1) is 10.6. The summed E-state index contributed by atoms with van der Waals surface area (Å²) in [6.07, 6.45) is 5.62. The molecule has 1 aliphatic heterocycles. The monoisotopic (exact) mass is 300 g/mol. The topological polar surface area (TPSA) is 32.3 Å². The number of carbonyl (C=O) groups excluding carboxylic acids is 1. The molecule has 120 valence electrons. The predicted molar refractivity (Wildman–Crippen MR) is 90.0 cm³/mol. The van der Waals surface area contributed by atoms with Crippen LogP contribution >= 0.6 is 0 Å². The van der Waals surface area contributed by atoms with E-state index < -0.39 is 0 Å². The maximum absolute atomic E-state index is 12.8. The highest BCUT2D eigenvalue weighted by molar-refractivity contribution is 5.89. The molecule has 1 saturated heterocycles. The van der Waals surface area contributed by atoms with Gasteiger partial charge in [-0.2, -0.15) is 0 Å². The second kappa shape index (κ2) is 6.41. The average Bonchev–Trinajstić information content (AvgIpc) is 3.11. The van der Waals surface area contributed by atoms with E-state index in [0.29, 0.717) is 6.04 Å². The molecule has 1 unspecified atom stereocenters. The Morgan fingerprint density at radius 2 is 2.23 bits per heavy atom. The van der Waals surface area contributed by atoms with Gasteiger partial charge in [-0.3, -0.25) is 9.69 Å². The molecule has 0 radical (unpaired) electrons. The van der Waals surface area contributed by atoms with Gasteiger partial charge in [0.05, 0.1) is 5.41 Å². The van der Waals surface area contributed by atoms with Crippen LogP contribution in [0.25, 0.3) is 0 Å². The van der Waals surface area contributed by atoms with Gasteiger partial charge < -0.3 is 5.32 Å². The lowest BCUT2D eigenvalue weighted by atomic mass is 9.83. The van der Waals surface area contributed by atoms with Crippen LogP contribution in [0.4, 0.5) is 0 Å². The second-order valence-corrected chi connectivity index (χ2v) is 7.03. The van der Waals surface area contributed by atoms with Crippen molar-refractivity contribution >= 4 is 5.91 Å². The molecule has 1 aliphatic carbocycles. The molecule has 22 heavy (non-hydrogen) atoms. The van der Waals surface area contributed by atoms with Gasteiger partial charge in [0.2, 0.25) is 5.91 Å². The van der Waals surface area contributed by atoms with E-state index in [0.717, 1.165) is 25.9 Å². The van der Waals surface area contributed by atoms with Gasteiger partial charge in [-0.1, -0.05) is 31.2 Å². The molecular formula is C19H28N2O. The van der Waals surface area contributed by atoms with Gasteiger partial charge in [-0.15, -0.1) is 0 Å². The molecule has 1 aromatic rings. The zero-order valence-electron chi connectivity index (χ0n) is 13.9. The Labute approximate surface area is 134 Å². The van der Waals surface area contributed by atoms with Crippen LogP contribution in [-0.4, -0.2) is 36.5 Å². The SMILES string of the molecule is CCCN1CCC[C@H]1CNC(=O)C1(C)CCc2ccccc21. The van der Waals surface area contributed by atoms with Gasteiger partial charge in [0, 0.05) is 12.6 Å². The van der Waals surface area contributed by atoms with Crippen molar-refractivity contribution in [2.45, 2.75) is 57.4 Å². The number of benzene rings is 1. The minimum atomic E-state index is -0.342. The van der Waals surface area contributed by atoms with E-state index in [1.54, 1.807) is 0 Å². The zero-order chi connectivity index (χ0) is 15.6. The standard InChI is InChI=1S/C19H28N2O/c1-3-12-21-13-6-8-16(21)14-20-18(22)19(2)11-10-15-7-4-5-9-17(15)19/h4-5,7,9,16H,3,6,8,10-14H2,1-2H3,(H,20,22)/t16-,19?/m0/s1. The van der Waals surface area contributed by atoms with Crippen LogP contribution < -0.4 is 5.32 Å². The third-order valence-corrected chi connectivity index (χ3v) is 5.52. The highest BCUT2D eigenvalue weighted by atomic mass is 16.2. The number of aryl methyl sites for hydroxylation is 1. The molecular weight excluding hydrogens is 272 g/mol. The van der Waals surface area contributed by atoms with Crippen LogP contribution in [0.5, 0.6) is 0 Å². The highest BCUT2D eigenvalue weighted by Gasteiger charge is 2.40. The summed E-state index contributed by atoms with van der Waals surface area (Å²) in [5.41, 5.74) is 2.23. The van der Waals surface area contributed by atoms with Crippen LogP contribution in [0.2, 0.25) is 0 Å². The van der Waals surface area contributed by atoms with Crippen LogP contribution in [-0.2, 0) is 16.6 Å². The maximum atomic E-state index is 12.8. The van der Waals surface area contributed by atoms with E-state index in [4.69, 9.17) is 0 Å². The van der Waals surface area contributed by atoms with Crippen molar-refractivity contribution in [1.82, 2.24) is 10.2 Å². The number of hydrogen-bond acceptors (Lipinski definition) is 2. The van der Waals surface area contributed by atoms with E-state index in [1.807, 2.05) is 0 Å². The minimum absolute atomic E-state index is 0.209. The number of hydrogen-bond donors (Lipinski definition) is 1. The summed E-state index contributed by atoms with van der Waals surface area (Å²) in [7, 11) is 0. The summed E-state index contributed by atoms with van der Waals surface area (Å²) < 4.78 is 0. The Morgan fingerprint density at radius 3 is 3.05 bits per heavy atom. The molecule has 1 heterocycles. The van der Waals surface area contributed by atoms with Crippen LogP contribution in [0.1, 0.15) is 50.7 Å². The minimum Gasteiger partial charge on any atom is -0.354 e. The molecule has 0 spiro atoms. The largest absolute Gasteiger partial charge is 0.354 e. The van der Waals surface area contributed by atoms with Crippen LogP contribution in [0, 0.1) is 0 Å². The first kappa shape index (κ1) is 15.5. The summed E-state index contributed by atoms with van der Waals surface area (Å²) in [6, 6.07) is 8.94. The van der Waals surface area contributed by atoms with E-state index in [2.05, 4.69) is 48.3 Å². The Balaban J connectivity index is 1.63. The Morgan fingerprint density at radius 1 is 1.41 bits per heavy atom. The normalized spacial score (nSPS) is 27.8. The number of amides is 1. The Bertz CT molecular complexity index is 542. The highest BCUT2D eigenvalue weighted by Crippen LogP contribution is 2.38. The number of nitrogens with one attached hydrogen (secondary N) is 1. The van der Waals surface area contributed by atoms with Crippen LogP contribution in [0.15, 0.2) is 24.3 Å². The quantitative estimate of drug-likeness (QED) is 0.907. The van der Waals surface area contributed by atoms with Gasteiger partial charge in [-0.25, -0.2) is 0 Å². The number of carbonyl (C=O) groups is 1. The lowest BCUT2D eigenvalue weighted by Gasteiger charge is -2.28. The van der Waals surface area contributed by atoms with E-state index in [1.165, 1.54) is 36.9 Å².